The molecule has 108 heavy (non-hydrogen) atoms. The first-order valence-corrected chi connectivity index (χ1v) is 34.6. The minimum atomic E-state index is -0.987. The van der Waals surface area contributed by atoms with Gasteiger partial charge in [-0.15, -0.1) is 0 Å². The Morgan fingerprint density at radius 3 is 1.32 bits per heavy atom. The molecular formula is C79H87N21O8. The largest absolute Gasteiger partial charge is 0.489 e. The lowest BCUT2D eigenvalue weighted by atomic mass is 9.82. The molecule has 14 heterocycles. The summed E-state index contributed by atoms with van der Waals surface area (Å²) in [5.74, 6) is 5.03. The van der Waals surface area contributed by atoms with E-state index in [2.05, 4.69) is 73.2 Å². The quantitative estimate of drug-likeness (QED) is 0.0370. The number of rotatable bonds is 22. The van der Waals surface area contributed by atoms with Gasteiger partial charge in [0, 0.05) is 117 Å². The maximum absolute atomic E-state index is 10.1. The Morgan fingerprint density at radius 1 is 0.519 bits per heavy atom. The van der Waals surface area contributed by atoms with Crippen molar-refractivity contribution in [2.24, 2.45) is 11.5 Å². The number of likely N-dealkylation sites (tertiary alicyclic amines) is 1. The van der Waals surface area contributed by atoms with Gasteiger partial charge in [0.05, 0.1) is 119 Å². The molecule has 9 N–H and O–H groups in total. The molecule has 0 aliphatic carbocycles. The summed E-state index contributed by atoms with van der Waals surface area (Å²) in [6.45, 7) is 15.7. The number of anilines is 3. The number of benzene rings is 1. The first-order valence-electron chi connectivity index (χ1n) is 34.6. The second-order valence-corrected chi connectivity index (χ2v) is 29.2. The summed E-state index contributed by atoms with van der Waals surface area (Å²) >= 11 is 0. The minimum Gasteiger partial charge on any atom is -0.489 e. The van der Waals surface area contributed by atoms with Crippen molar-refractivity contribution in [2.45, 2.75) is 95.9 Å². The molecule has 0 atom stereocenters. The SMILES string of the molecule is C.CC(C)(O)COc1cc(-c2ccc(N3CC(n4ccc(N)n4)C3)nc2)c2c(C#N)cnn2c1.COc1ccc(CC2(N)CN(c3ccc(-c4cc(OCC(C)(C)O)cn5ncc(C#N)c45)cn3)C2)cn1.COc1ccc(CN2CC(N)(c3ccc(-c4cc(OCC(C)(C)O)cn5ncc(C#N)c45)cc3)C2)cn1. The summed E-state index contributed by atoms with van der Waals surface area (Å²) in [6, 6.07) is 38.0. The van der Waals surface area contributed by atoms with Crippen LogP contribution in [0.1, 0.15) is 88.4 Å². The molecule has 0 unspecified atom stereocenters. The standard InChI is InChI=1S/C28H30N6O3.C27H29N7O3.C23H24N8O2.CH4/c1-27(2,35)18-37-23-10-24(26-21(11-29)13-32-34(26)15-23)20-5-7-22(8-6-20)28(30)16-33(17-28)14-19-4-9-25(36-3)31-12-19;1-26(2,35)17-37-21-8-22(25-20(10-28)13-32-34(25)14-21)19-5-6-23(30-12-19)33-15-27(29,16-33)9-18-4-7-24(36-3)31-11-18;1-23(2,32)14-33-18-7-19(22-16(8-24)10-27-31(22)13-18)15-3-4-21(26-9-15)29-11-17(12-29)30-6-5-20(25)28-30;/h4-10,12-13,15,35H,14,16-18,30H2,1-3H3;4-8,11-14,35H,9,15-17,29H2,1-3H3;3-7,9-10,13,17,32H,11-12,14H2,1-2H3,(H2,25,28);1H4. The highest BCUT2D eigenvalue weighted by Crippen LogP contribution is 2.39. The fraction of sp³-hybridized carbons (Fsp3) is 0.329. The first kappa shape index (κ1) is 75.4. The third kappa shape index (κ3) is 17.2. The molecule has 15 rings (SSSR count). The first-order chi connectivity index (χ1) is 51.1. The molecule has 0 saturated carbocycles. The Kier molecular flexibility index (Phi) is 21.4. The van der Waals surface area contributed by atoms with Crippen LogP contribution >= 0.6 is 0 Å². The molecule has 0 radical (unpaired) electrons. The van der Waals surface area contributed by atoms with E-state index >= 15 is 0 Å². The van der Waals surface area contributed by atoms with Gasteiger partial charge in [0.2, 0.25) is 11.8 Å². The number of hydrogen-bond acceptors (Lipinski definition) is 25. The Labute approximate surface area is 624 Å². The number of hydrogen-bond donors (Lipinski definition) is 6. The third-order valence-electron chi connectivity index (χ3n) is 18.3. The van der Waals surface area contributed by atoms with Crippen LogP contribution in [0.4, 0.5) is 17.5 Å². The summed E-state index contributed by atoms with van der Waals surface area (Å²) in [5.41, 5.74) is 27.0. The molecule has 29 heteroatoms. The zero-order valence-electron chi connectivity index (χ0n) is 60.6. The average molecular weight is 1460 g/mol. The van der Waals surface area contributed by atoms with E-state index in [-0.39, 0.29) is 38.8 Å². The van der Waals surface area contributed by atoms with E-state index < -0.39 is 22.3 Å². The zero-order valence-corrected chi connectivity index (χ0v) is 60.6. The van der Waals surface area contributed by atoms with E-state index in [1.54, 1.807) is 119 Å². The summed E-state index contributed by atoms with van der Waals surface area (Å²) in [5, 5.41) is 76.1. The Hall–Kier alpha value is -12.3. The van der Waals surface area contributed by atoms with Crippen LogP contribution in [0.5, 0.6) is 29.0 Å². The van der Waals surface area contributed by atoms with Crippen LogP contribution in [0.15, 0.2) is 165 Å². The Morgan fingerprint density at radius 2 is 0.944 bits per heavy atom. The second-order valence-electron chi connectivity index (χ2n) is 29.2. The maximum Gasteiger partial charge on any atom is 0.212 e. The van der Waals surface area contributed by atoms with Crippen molar-refractivity contribution >= 4 is 34.0 Å². The topological polar surface area (TPSA) is 387 Å². The number of nitrogens with two attached hydrogens (primary N) is 3. The zero-order chi connectivity index (χ0) is 75.6. The molecule has 1 aromatic carbocycles. The normalized spacial score (nSPS) is 14.6. The lowest BCUT2D eigenvalue weighted by Crippen LogP contribution is -2.68. The number of aliphatic hydroxyl groups is 3. The predicted octanol–water partition coefficient (Wildman–Crippen LogP) is 8.57. The molecule has 11 aromatic heterocycles. The van der Waals surface area contributed by atoms with Crippen molar-refractivity contribution in [3.8, 4) is 80.6 Å². The van der Waals surface area contributed by atoms with Crippen LogP contribution in [-0.4, -0.2) is 174 Å². The van der Waals surface area contributed by atoms with E-state index in [0.717, 1.165) is 94.4 Å². The van der Waals surface area contributed by atoms with Gasteiger partial charge in [-0.2, -0.15) is 36.2 Å². The van der Waals surface area contributed by atoms with E-state index in [4.69, 9.17) is 40.9 Å². The van der Waals surface area contributed by atoms with E-state index in [9.17, 15) is 31.1 Å². The van der Waals surface area contributed by atoms with Crippen LogP contribution in [0, 0.1) is 34.0 Å². The van der Waals surface area contributed by atoms with Gasteiger partial charge >= 0.3 is 0 Å². The summed E-state index contributed by atoms with van der Waals surface area (Å²) in [4.78, 5) is 24.5. The van der Waals surface area contributed by atoms with Crippen LogP contribution in [-0.2, 0) is 18.5 Å². The molecule has 3 fully saturated rings. The van der Waals surface area contributed by atoms with Gasteiger partial charge < -0.3 is 66.0 Å². The number of fused-ring (bicyclic) bond motifs is 3. The number of pyridine rings is 7. The molecular weight excluding hydrogens is 1370 g/mol. The third-order valence-corrected chi connectivity index (χ3v) is 18.3. The Bertz CT molecular complexity index is 5270. The van der Waals surface area contributed by atoms with Crippen LogP contribution in [0.2, 0.25) is 0 Å². The van der Waals surface area contributed by atoms with Gasteiger partial charge in [-0.25, -0.2) is 33.5 Å². The smallest absolute Gasteiger partial charge is 0.212 e. The second kappa shape index (κ2) is 30.7. The van der Waals surface area contributed by atoms with Gasteiger partial charge in [0.1, 0.15) is 72.7 Å². The minimum absolute atomic E-state index is 0. The maximum atomic E-state index is 10.1. The van der Waals surface area contributed by atoms with Crippen LogP contribution < -0.4 is 50.7 Å². The van der Waals surface area contributed by atoms with Crippen molar-refractivity contribution < 1.29 is 39.0 Å². The van der Waals surface area contributed by atoms with Crippen molar-refractivity contribution in [1.29, 1.82) is 15.8 Å². The Balaban J connectivity index is 0.000000151. The van der Waals surface area contributed by atoms with Crippen LogP contribution in [0.25, 0.3) is 49.9 Å². The highest BCUT2D eigenvalue weighted by atomic mass is 16.5. The summed E-state index contributed by atoms with van der Waals surface area (Å²) in [6.07, 6.45) is 19.5. The fourth-order valence-electron chi connectivity index (χ4n) is 13.0. The summed E-state index contributed by atoms with van der Waals surface area (Å²) < 4.78 is 34.5. The number of nitrogen functional groups attached to an aromatic ring is 1. The lowest BCUT2D eigenvalue weighted by Gasteiger charge is -2.48. The number of nitriles is 3. The number of methoxy groups -OCH3 is 2. The van der Waals surface area contributed by atoms with Crippen molar-refractivity contribution in [3.63, 3.8) is 0 Å². The molecule has 3 saturated heterocycles. The molecule has 0 amide bonds. The van der Waals surface area contributed by atoms with Crippen molar-refractivity contribution in [1.82, 2.24) is 63.5 Å². The number of nitrogens with zero attached hydrogens (tertiary/aromatic N) is 18. The highest BCUT2D eigenvalue weighted by molar-refractivity contribution is 5.87. The van der Waals surface area contributed by atoms with E-state index in [1.807, 2.05) is 108 Å². The molecule has 556 valence electrons. The van der Waals surface area contributed by atoms with Gasteiger partial charge in [0.15, 0.2) is 0 Å². The molecule has 3 aliphatic rings. The molecule has 0 bridgehead atoms. The molecule has 12 aromatic rings. The monoisotopic (exact) mass is 1460 g/mol. The highest BCUT2D eigenvalue weighted by Gasteiger charge is 2.42. The lowest BCUT2D eigenvalue weighted by molar-refractivity contribution is 0.0280. The fourth-order valence-corrected chi connectivity index (χ4v) is 13.0. The van der Waals surface area contributed by atoms with Gasteiger partial charge in [-0.1, -0.05) is 43.8 Å². The van der Waals surface area contributed by atoms with Gasteiger partial charge in [-0.05, 0) is 119 Å². The molecule has 29 nitrogen and oxygen atoms in total. The van der Waals surface area contributed by atoms with Crippen molar-refractivity contribution in [2.75, 3.05) is 88.8 Å². The van der Waals surface area contributed by atoms with Gasteiger partial charge in [0.25, 0.3) is 0 Å². The van der Waals surface area contributed by atoms with E-state index in [1.165, 1.54) is 12.4 Å². The van der Waals surface area contributed by atoms with E-state index in [0.29, 0.717) is 87.6 Å². The van der Waals surface area contributed by atoms with Gasteiger partial charge in [-0.3, -0.25) is 9.58 Å². The number of aromatic nitrogens is 12. The van der Waals surface area contributed by atoms with Crippen molar-refractivity contribution in [3.05, 3.63) is 199 Å². The average Bonchev–Trinajstić information content (AvgIpc) is 0.878. The number of ether oxygens (including phenoxy) is 5. The van der Waals surface area contributed by atoms with Crippen LogP contribution in [0.3, 0.4) is 0 Å². The molecule has 3 aliphatic heterocycles. The predicted molar refractivity (Wildman–Crippen MR) is 407 cm³/mol. The molecule has 0 spiro atoms. The summed E-state index contributed by atoms with van der Waals surface area (Å²) in [7, 11) is 3.20.